The molecule has 19 heavy (non-hydrogen) atoms. The lowest BCUT2D eigenvalue weighted by molar-refractivity contribution is -0.145. The fourth-order valence-corrected chi connectivity index (χ4v) is 3.48. The molecule has 0 aliphatic heterocycles. The Hall–Kier alpha value is -0.660. The van der Waals surface area contributed by atoms with Crippen molar-refractivity contribution < 1.29 is 9.90 Å². The van der Waals surface area contributed by atoms with Gasteiger partial charge in [0.1, 0.15) is 11.0 Å². The molecule has 0 radical (unpaired) electrons. The Bertz CT molecular complexity index is 384. The molecule has 5 nitrogen and oxygen atoms in total. The first-order chi connectivity index (χ1) is 9.00. The second-order valence-electron chi connectivity index (χ2n) is 4.70. The van der Waals surface area contributed by atoms with Crippen LogP contribution in [0.5, 0.6) is 0 Å². The van der Waals surface area contributed by atoms with Crippen LogP contribution < -0.4 is 5.32 Å². The van der Waals surface area contributed by atoms with E-state index in [9.17, 15) is 9.90 Å². The van der Waals surface area contributed by atoms with Gasteiger partial charge < -0.3 is 5.11 Å². The van der Waals surface area contributed by atoms with E-state index in [-0.39, 0.29) is 6.04 Å². The first-order valence-electron chi connectivity index (χ1n) is 6.40. The van der Waals surface area contributed by atoms with Crippen LogP contribution in [0.1, 0.15) is 40.0 Å². The zero-order valence-electron chi connectivity index (χ0n) is 11.5. The average molecular weight is 303 g/mol. The Morgan fingerprint density at radius 2 is 2.37 bits per heavy atom. The van der Waals surface area contributed by atoms with Gasteiger partial charge in [0, 0.05) is 11.8 Å². The lowest BCUT2D eigenvalue weighted by atomic mass is 9.90. The number of nitrogens with zero attached hydrogens (tertiary/aromatic N) is 2. The first kappa shape index (κ1) is 16.4. The summed E-state index contributed by atoms with van der Waals surface area (Å²) in [6.45, 7) is 5.87. The van der Waals surface area contributed by atoms with Gasteiger partial charge in [0.2, 0.25) is 0 Å². The lowest BCUT2D eigenvalue weighted by Gasteiger charge is -2.31. The van der Waals surface area contributed by atoms with Gasteiger partial charge in [0.05, 0.1) is 0 Å². The summed E-state index contributed by atoms with van der Waals surface area (Å²) in [6.07, 6.45) is 2.05. The zero-order chi connectivity index (χ0) is 14.3. The van der Waals surface area contributed by atoms with Crippen LogP contribution in [0.3, 0.4) is 0 Å². The molecule has 0 fully saturated rings. The maximum absolute atomic E-state index is 11.5. The predicted molar refractivity (Wildman–Crippen MR) is 78.8 cm³/mol. The number of carbonyl (C=O) groups is 1. The van der Waals surface area contributed by atoms with E-state index in [0.717, 1.165) is 16.5 Å². The van der Waals surface area contributed by atoms with Gasteiger partial charge in [-0.25, -0.2) is 0 Å². The quantitative estimate of drug-likeness (QED) is 0.539. The molecule has 0 saturated carbocycles. The summed E-state index contributed by atoms with van der Waals surface area (Å²) in [4.78, 5) is 11.5. The molecule has 0 bridgehead atoms. The van der Waals surface area contributed by atoms with Gasteiger partial charge in [-0.15, -0.1) is 10.2 Å². The topological polar surface area (TPSA) is 75.1 Å². The molecule has 1 atom stereocenters. The van der Waals surface area contributed by atoms with Gasteiger partial charge in [-0.05, 0) is 33.1 Å². The largest absolute Gasteiger partial charge is 0.480 e. The Morgan fingerprint density at radius 3 is 2.84 bits per heavy atom. The molecule has 0 aliphatic rings. The third-order valence-electron chi connectivity index (χ3n) is 2.89. The SMILES string of the molecule is CCC(CCCSc1nncs1)(NC(C)C)C(=O)O. The number of hydrogen-bond donors (Lipinski definition) is 2. The summed E-state index contributed by atoms with van der Waals surface area (Å²) in [7, 11) is 0. The van der Waals surface area contributed by atoms with Crippen molar-refractivity contribution in [1.29, 1.82) is 0 Å². The molecule has 0 spiro atoms. The van der Waals surface area contributed by atoms with Crippen molar-refractivity contribution in [1.82, 2.24) is 15.5 Å². The lowest BCUT2D eigenvalue weighted by Crippen LogP contribution is -2.54. The summed E-state index contributed by atoms with van der Waals surface area (Å²) in [6, 6.07) is 0.159. The number of carboxylic acid groups (broad SMARTS) is 1. The third-order valence-corrected chi connectivity index (χ3v) is 4.84. The first-order valence-corrected chi connectivity index (χ1v) is 8.27. The Morgan fingerprint density at radius 1 is 1.63 bits per heavy atom. The Labute approximate surface area is 122 Å². The van der Waals surface area contributed by atoms with Crippen LogP contribution in [-0.2, 0) is 4.79 Å². The molecule has 0 amide bonds. The van der Waals surface area contributed by atoms with Gasteiger partial charge in [0.15, 0.2) is 4.34 Å². The van der Waals surface area contributed by atoms with E-state index in [0.29, 0.717) is 12.8 Å². The summed E-state index contributed by atoms with van der Waals surface area (Å²) in [5.74, 6) is 0.105. The summed E-state index contributed by atoms with van der Waals surface area (Å²) < 4.78 is 0.939. The molecule has 1 rings (SSSR count). The molecule has 108 valence electrons. The maximum atomic E-state index is 11.5. The number of rotatable bonds is 9. The molecule has 0 aromatic carbocycles. The number of carboxylic acids is 1. The van der Waals surface area contributed by atoms with Crippen LogP contribution in [0.2, 0.25) is 0 Å². The van der Waals surface area contributed by atoms with E-state index >= 15 is 0 Å². The van der Waals surface area contributed by atoms with Crippen LogP contribution in [-0.4, -0.2) is 38.6 Å². The van der Waals surface area contributed by atoms with E-state index in [2.05, 4.69) is 15.5 Å². The van der Waals surface area contributed by atoms with Crippen molar-refractivity contribution in [2.45, 2.75) is 56.0 Å². The number of thioether (sulfide) groups is 1. The van der Waals surface area contributed by atoms with Crippen LogP contribution in [0.25, 0.3) is 0 Å². The zero-order valence-corrected chi connectivity index (χ0v) is 13.2. The van der Waals surface area contributed by atoms with Crippen molar-refractivity contribution in [2.24, 2.45) is 0 Å². The van der Waals surface area contributed by atoms with E-state index in [4.69, 9.17) is 0 Å². The van der Waals surface area contributed by atoms with Crippen molar-refractivity contribution in [3.8, 4) is 0 Å². The van der Waals surface area contributed by atoms with Crippen molar-refractivity contribution in [3.63, 3.8) is 0 Å². The summed E-state index contributed by atoms with van der Waals surface area (Å²) in [5, 5.41) is 20.4. The van der Waals surface area contributed by atoms with Gasteiger partial charge >= 0.3 is 5.97 Å². The average Bonchev–Trinajstić information content (AvgIpc) is 2.85. The molecular formula is C12H21N3O2S2. The monoisotopic (exact) mass is 303 g/mol. The molecule has 1 unspecified atom stereocenters. The predicted octanol–water partition coefficient (Wildman–Crippen LogP) is 2.64. The van der Waals surface area contributed by atoms with Gasteiger partial charge in [-0.2, -0.15) is 0 Å². The van der Waals surface area contributed by atoms with Crippen LogP contribution in [0.4, 0.5) is 0 Å². The summed E-state index contributed by atoms with van der Waals surface area (Å²) in [5.41, 5.74) is 0.895. The van der Waals surface area contributed by atoms with E-state index in [1.807, 2.05) is 20.8 Å². The Kier molecular flexibility index (Phi) is 6.74. The highest BCUT2D eigenvalue weighted by Gasteiger charge is 2.36. The van der Waals surface area contributed by atoms with Gasteiger partial charge in [-0.1, -0.05) is 30.0 Å². The van der Waals surface area contributed by atoms with E-state index in [1.165, 1.54) is 11.3 Å². The molecule has 1 aromatic rings. The minimum atomic E-state index is -0.810. The normalized spacial score (nSPS) is 14.5. The molecular weight excluding hydrogens is 282 g/mol. The maximum Gasteiger partial charge on any atom is 0.323 e. The van der Waals surface area contributed by atoms with Crippen LogP contribution in [0.15, 0.2) is 9.85 Å². The van der Waals surface area contributed by atoms with Crippen LogP contribution in [0, 0.1) is 0 Å². The molecule has 2 N–H and O–H groups in total. The molecule has 0 saturated heterocycles. The third kappa shape index (κ3) is 5.08. The Balaban J connectivity index is 2.46. The van der Waals surface area contributed by atoms with Crippen molar-refractivity contribution in [2.75, 3.05) is 5.75 Å². The smallest absolute Gasteiger partial charge is 0.323 e. The standard InChI is InChI=1S/C12H21N3O2S2/c1-4-12(10(16)17,14-9(2)3)6-5-7-18-11-15-13-8-19-11/h8-9,14H,4-7H2,1-3H3,(H,16,17). The van der Waals surface area contributed by atoms with Crippen LogP contribution >= 0.6 is 23.1 Å². The molecule has 7 heteroatoms. The van der Waals surface area contributed by atoms with Gasteiger partial charge in [-0.3, -0.25) is 10.1 Å². The molecule has 0 aliphatic carbocycles. The molecule has 1 heterocycles. The number of hydrogen-bond acceptors (Lipinski definition) is 6. The second kappa shape index (κ2) is 7.81. The second-order valence-corrected chi connectivity index (χ2v) is 6.87. The minimum absolute atomic E-state index is 0.159. The highest BCUT2D eigenvalue weighted by molar-refractivity contribution is 8.00. The van der Waals surface area contributed by atoms with Crippen molar-refractivity contribution in [3.05, 3.63) is 5.51 Å². The number of aliphatic carboxylic acids is 1. The fourth-order valence-electron chi connectivity index (χ4n) is 1.98. The minimum Gasteiger partial charge on any atom is -0.480 e. The number of nitrogens with one attached hydrogen (secondary N) is 1. The summed E-state index contributed by atoms with van der Waals surface area (Å²) >= 11 is 3.15. The highest BCUT2D eigenvalue weighted by atomic mass is 32.2. The van der Waals surface area contributed by atoms with Gasteiger partial charge in [0.25, 0.3) is 0 Å². The number of aromatic nitrogens is 2. The highest BCUT2D eigenvalue weighted by Crippen LogP contribution is 2.24. The fraction of sp³-hybridized carbons (Fsp3) is 0.750. The molecule has 1 aromatic heterocycles. The van der Waals surface area contributed by atoms with Crippen molar-refractivity contribution >= 4 is 29.1 Å². The van der Waals surface area contributed by atoms with E-state index < -0.39 is 11.5 Å². The van der Waals surface area contributed by atoms with E-state index in [1.54, 1.807) is 17.3 Å².